The van der Waals surface area contributed by atoms with Gasteiger partial charge in [0.2, 0.25) is 0 Å². The standard InChI is InChI=1S/C15H22N2OS/c1-10-7-8-13(14(18)9-10)17-15(19)16-12-6-4-3-5-11(12)2/h7-9,11-12,18H,3-6H2,1-2H3,(H2,16,17,19)/t11-,12+/m1/s1. The summed E-state index contributed by atoms with van der Waals surface area (Å²) < 4.78 is 0. The van der Waals surface area contributed by atoms with Gasteiger partial charge < -0.3 is 15.7 Å². The lowest BCUT2D eigenvalue weighted by Gasteiger charge is -2.30. The van der Waals surface area contributed by atoms with Crippen molar-refractivity contribution in [3.8, 4) is 5.75 Å². The van der Waals surface area contributed by atoms with Crippen LogP contribution in [0.15, 0.2) is 18.2 Å². The molecule has 0 saturated heterocycles. The molecule has 3 N–H and O–H groups in total. The second kappa shape index (κ2) is 6.24. The van der Waals surface area contributed by atoms with Crippen LogP contribution in [0.1, 0.15) is 38.2 Å². The van der Waals surface area contributed by atoms with E-state index in [1.54, 1.807) is 6.07 Å². The summed E-state index contributed by atoms with van der Waals surface area (Å²) >= 11 is 5.33. The number of phenols is 1. The Morgan fingerprint density at radius 3 is 2.74 bits per heavy atom. The first kappa shape index (κ1) is 14.1. The molecule has 1 fully saturated rings. The van der Waals surface area contributed by atoms with Crippen LogP contribution in [0.4, 0.5) is 5.69 Å². The molecule has 4 heteroatoms. The monoisotopic (exact) mass is 278 g/mol. The Morgan fingerprint density at radius 2 is 2.05 bits per heavy atom. The first-order valence-electron chi connectivity index (χ1n) is 6.93. The highest BCUT2D eigenvalue weighted by molar-refractivity contribution is 7.80. The molecule has 1 aromatic carbocycles. The Morgan fingerprint density at radius 1 is 1.32 bits per heavy atom. The number of phenolic OH excluding ortho intramolecular Hbond substituents is 1. The summed E-state index contributed by atoms with van der Waals surface area (Å²) in [6, 6.07) is 5.98. The number of rotatable bonds is 2. The summed E-state index contributed by atoms with van der Waals surface area (Å²) in [6.07, 6.45) is 5.01. The van der Waals surface area contributed by atoms with Crippen LogP contribution >= 0.6 is 12.2 Å². The second-order valence-electron chi connectivity index (χ2n) is 5.49. The van der Waals surface area contributed by atoms with Crippen molar-refractivity contribution in [2.45, 2.75) is 45.6 Å². The number of nitrogens with one attached hydrogen (secondary N) is 2. The molecular weight excluding hydrogens is 256 g/mol. The maximum absolute atomic E-state index is 9.85. The van der Waals surface area contributed by atoms with Crippen LogP contribution in [-0.4, -0.2) is 16.3 Å². The first-order valence-corrected chi connectivity index (χ1v) is 7.34. The minimum atomic E-state index is 0.237. The van der Waals surface area contributed by atoms with Crippen molar-refractivity contribution >= 4 is 23.0 Å². The normalized spacial score (nSPS) is 22.8. The molecule has 2 rings (SSSR count). The van der Waals surface area contributed by atoms with Gasteiger partial charge in [0.15, 0.2) is 5.11 Å². The molecule has 0 unspecified atom stereocenters. The second-order valence-corrected chi connectivity index (χ2v) is 5.90. The average Bonchev–Trinajstić information content (AvgIpc) is 2.36. The van der Waals surface area contributed by atoms with Crippen molar-refractivity contribution in [2.24, 2.45) is 5.92 Å². The van der Waals surface area contributed by atoms with Crippen LogP contribution in [0.3, 0.4) is 0 Å². The van der Waals surface area contributed by atoms with Gasteiger partial charge in [0.1, 0.15) is 5.75 Å². The van der Waals surface area contributed by atoms with Gasteiger partial charge in [-0.1, -0.05) is 25.8 Å². The lowest BCUT2D eigenvalue weighted by molar-refractivity contribution is 0.309. The highest BCUT2D eigenvalue weighted by Gasteiger charge is 2.21. The Balaban J connectivity index is 1.93. The number of anilines is 1. The van der Waals surface area contributed by atoms with Gasteiger partial charge in [-0.05, 0) is 55.6 Å². The fourth-order valence-electron chi connectivity index (χ4n) is 2.60. The van der Waals surface area contributed by atoms with E-state index in [1.807, 2.05) is 19.1 Å². The zero-order valence-electron chi connectivity index (χ0n) is 11.6. The third-order valence-electron chi connectivity index (χ3n) is 3.83. The van der Waals surface area contributed by atoms with Crippen molar-refractivity contribution in [3.05, 3.63) is 23.8 Å². The summed E-state index contributed by atoms with van der Waals surface area (Å²) in [7, 11) is 0. The zero-order chi connectivity index (χ0) is 13.8. The van der Waals surface area contributed by atoms with Gasteiger partial charge in [-0.3, -0.25) is 0 Å². The summed E-state index contributed by atoms with van der Waals surface area (Å²) in [5.74, 6) is 0.890. The van der Waals surface area contributed by atoms with Gasteiger partial charge in [-0.15, -0.1) is 0 Å². The van der Waals surface area contributed by atoms with Crippen molar-refractivity contribution in [1.82, 2.24) is 5.32 Å². The molecule has 2 atom stereocenters. The summed E-state index contributed by atoms with van der Waals surface area (Å²) in [6.45, 7) is 4.21. The predicted molar refractivity (Wildman–Crippen MR) is 83.6 cm³/mol. The maximum Gasteiger partial charge on any atom is 0.171 e. The molecule has 0 aromatic heterocycles. The summed E-state index contributed by atoms with van der Waals surface area (Å²) in [4.78, 5) is 0. The van der Waals surface area contributed by atoms with Crippen molar-refractivity contribution in [2.75, 3.05) is 5.32 Å². The third-order valence-corrected chi connectivity index (χ3v) is 4.05. The van der Waals surface area contributed by atoms with Gasteiger partial charge in [0.25, 0.3) is 0 Å². The number of thiocarbonyl (C=S) groups is 1. The van der Waals surface area contributed by atoms with E-state index in [0.717, 1.165) is 5.56 Å². The molecule has 0 heterocycles. The van der Waals surface area contributed by atoms with E-state index in [-0.39, 0.29) is 5.75 Å². The van der Waals surface area contributed by atoms with E-state index in [9.17, 15) is 5.11 Å². The smallest absolute Gasteiger partial charge is 0.171 e. The van der Waals surface area contributed by atoms with Gasteiger partial charge in [-0.2, -0.15) is 0 Å². The van der Waals surface area contributed by atoms with E-state index in [1.165, 1.54) is 25.7 Å². The Bertz CT molecular complexity index is 461. The average molecular weight is 278 g/mol. The molecule has 1 aliphatic carbocycles. The van der Waals surface area contributed by atoms with E-state index in [4.69, 9.17) is 12.2 Å². The molecule has 3 nitrogen and oxygen atoms in total. The lowest BCUT2D eigenvalue weighted by Crippen LogP contribution is -2.43. The number of aromatic hydroxyl groups is 1. The molecule has 1 aromatic rings. The van der Waals surface area contributed by atoms with Crippen LogP contribution in [0.2, 0.25) is 0 Å². The lowest BCUT2D eigenvalue weighted by atomic mass is 9.86. The minimum absolute atomic E-state index is 0.237. The topological polar surface area (TPSA) is 44.3 Å². The fraction of sp³-hybridized carbons (Fsp3) is 0.533. The Labute approximate surface area is 120 Å². The highest BCUT2D eigenvalue weighted by atomic mass is 32.1. The number of hydrogen-bond donors (Lipinski definition) is 3. The molecule has 0 spiro atoms. The van der Waals surface area contributed by atoms with E-state index >= 15 is 0 Å². The van der Waals surface area contributed by atoms with Gasteiger partial charge >= 0.3 is 0 Å². The van der Waals surface area contributed by atoms with E-state index < -0.39 is 0 Å². The van der Waals surface area contributed by atoms with Crippen LogP contribution in [0.25, 0.3) is 0 Å². The molecule has 0 amide bonds. The SMILES string of the molecule is Cc1ccc(NC(=S)N[C@H]2CCCC[C@H]2C)c(O)c1. The highest BCUT2D eigenvalue weighted by Crippen LogP contribution is 2.25. The molecule has 104 valence electrons. The van der Waals surface area contributed by atoms with Gasteiger partial charge in [0, 0.05) is 6.04 Å². The largest absolute Gasteiger partial charge is 0.506 e. The van der Waals surface area contributed by atoms with Crippen LogP contribution in [-0.2, 0) is 0 Å². The Kier molecular flexibility index (Phi) is 4.64. The van der Waals surface area contributed by atoms with Crippen LogP contribution in [0.5, 0.6) is 5.75 Å². The first-order chi connectivity index (χ1) is 9.06. The fourth-order valence-corrected chi connectivity index (χ4v) is 2.87. The van der Waals surface area contributed by atoms with E-state index in [0.29, 0.717) is 22.8 Å². The predicted octanol–water partition coefficient (Wildman–Crippen LogP) is 3.57. The summed E-state index contributed by atoms with van der Waals surface area (Å²) in [5.41, 5.74) is 1.69. The van der Waals surface area contributed by atoms with Crippen LogP contribution in [0, 0.1) is 12.8 Å². The molecule has 0 radical (unpaired) electrons. The number of aryl methyl sites for hydroxylation is 1. The molecule has 0 aliphatic heterocycles. The van der Waals surface area contributed by atoms with Crippen LogP contribution < -0.4 is 10.6 Å². The molecule has 1 saturated carbocycles. The Hall–Kier alpha value is -1.29. The number of benzene rings is 1. The third kappa shape index (κ3) is 3.83. The van der Waals surface area contributed by atoms with Crippen molar-refractivity contribution in [1.29, 1.82) is 0 Å². The van der Waals surface area contributed by atoms with Crippen molar-refractivity contribution in [3.63, 3.8) is 0 Å². The quantitative estimate of drug-likeness (QED) is 0.571. The molecule has 19 heavy (non-hydrogen) atoms. The summed E-state index contributed by atoms with van der Waals surface area (Å²) in [5, 5.41) is 16.9. The van der Waals surface area contributed by atoms with Gasteiger partial charge in [0.05, 0.1) is 5.69 Å². The van der Waals surface area contributed by atoms with E-state index in [2.05, 4.69) is 17.6 Å². The molecular formula is C15H22N2OS. The zero-order valence-corrected chi connectivity index (χ0v) is 12.4. The molecule has 0 bridgehead atoms. The maximum atomic E-state index is 9.85. The van der Waals surface area contributed by atoms with Gasteiger partial charge in [-0.25, -0.2) is 0 Å². The molecule has 1 aliphatic rings. The van der Waals surface area contributed by atoms with Crippen molar-refractivity contribution < 1.29 is 5.11 Å². The minimum Gasteiger partial charge on any atom is -0.506 e. The number of hydrogen-bond acceptors (Lipinski definition) is 2.